The number of nitrogens with one attached hydrogen (secondary N) is 5. The van der Waals surface area contributed by atoms with Crippen molar-refractivity contribution in [2.45, 2.75) is 116 Å². The Morgan fingerprint density at radius 2 is 1.31 bits per heavy atom. The predicted octanol–water partition coefficient (Wildman–Crippen LogP) is 12.9. The smallest absolute Gasteiger partial charge is 0.412 e. The zero-order valence-corrected chi connectivity index (χ0v) is 42.4. The second kappa shape index (κ2) is 22.3. The van der Waals surface area contributed by atoms with E-state index in [1.165, 1.54) is 24.3 Å². The molecule has 8 rings (SSSR count). The van der Waals surface area contributed by atoms with Crippen LogP contribution in [0.2, 0.25) is 10.0 Å². The Hall–Kier alpha value is -6.78. The average molecular weight is 1020 g/mol. The maximum Gasteiger partial charge on any atom is 0.412 e. The Morgan fingerprint density at radius 1 is 0.750 bits per heavy atom. The van der Waals surface area contributed by atoms with E-state index in [4.69, 9.17) is 42.9 Å². The van der Waals surface area contributed by atoms with Crippen LogP contribution in [-0.2, 0) is 17.8 Å². The molecule has 4 aromatic heterocycles. The summed E-state index contributed by atoms with van der Waals surface area (Å²) in [6.07, 6.45) is 4.68. The second-order valence-electron chi connectivity index (χ2n) is 19.9. The third-order valence-electron chi connectivity index (χ3n) is 13.2. The molecule has 18 heteroatoms. The Balaban J connectivity index is 1.05. The Labute approximate surface area is 428 Å². The monoisotopic (exact) mass is 1020 g/mol. The van der Waals surface area contributed by atoms with E-state index in [1.54, 1.807) is 24.5 Å². The molecule has 2 aromatic carbocycles. The molecule has 2 amide bonds. The van der Waals surface area contributed by atoms with Crippen molar-refractivity contribution in [3.8, 4) is 22.5 Å². The fraction of sp³-hybridized carbons (Fsp3) is 0.370. The summed E-state index contributed by atoms with van der Waals surface area (Å²) in [4.78, 5) is 47.9. The minimum absolute atomic E-state index is 0.0177. The van der Waals surface area contributed by atoms with Crippen LogP contribution in [-0.4, -0.2) is 71.5 Å². The van der Waals surface area contributed by atoms with Crippen LogP contribution < -0.4 is 26.6 Å². The highest BCUT2D eigenvalue weighted by molar-refractivity contribution is 6.33. The molecule has 6 N–H and O–H groups in total. The van der Waals surface area contributed by atoms with Gasteiger partial charge in [-0.25, -0.2) is 38.3 Å². The average Bonchev–Trinajstić information content (AvgIpc) is 3.33. The number of ether oxygens (including phenoxy) is 1. The molecule has 0 spiro atoms. The summed E-state index contributed by atoms with van der Waals surface area (Å²) >= 11 is 13.6. The SMILES string of the molecule is C[C@@H]1C[C@H](Nc2cc(-c3cccc(NCc4cccc(F)c4)n3)c(Cl)cn2)CC[C@H]1N(C(=O)OC(C)(C)C)[C@@]1(Nc2cc(-c3cccc(NCc4cccc(F)c4)n3)c(Cl)cn2)CC[C@H](NC(=O)O)[C@@H](C)C1. The lowest BCUT2D eigenvalue weighted by atomic mass is 9.74. The molecule has 6 aromatic rings. The van der Waals surface area contributed by atoms with E-state index < -0.39 is 23.5 Å². The van der Waals surface area contributed by atoms with Gasteiger partial charge in [-0.15, -0.1) is 0 Å². The number of anilines is 4. The lowest BCUT2D eigenvalue weighted by Gasteiger charge is -2.55. The summed E-state index contributed by atoms with van der Waals surface area (Å²) in [5.41, 5.74) is 2.12. The lowest BCUT2D eigenvalue weighted by molar-refractivity contribution is -0.0462. The number of rotatable bonds is 15. The third-order valence-corrected chi connectivity index (χ3v) is 13.8. The van der Waals surface area contributed by atoms with Gasteiger partial charge < -0.3 is 36.4 Å². The molecule has 2 aliphatic carbocycles. The van der Waals surface area contributed by atoms with E-state index in [2.05, 4.69) is 38.5 Å². The number of hydrogen-bond acceptors (Lipinski definition) is 11. The molecular weight excluding hydrogens is 962 g/mol. The first kappa shape index (κ1) is 51.6. The highest BCUT2D eigenvalue weighted by atomic mass is 35.5. The summed E-state index contributed by atoms with van der Waals surface area (Å²) in [5.74, 6) is 1.34. The van der Waals surface area contributed by atoms with Gasteiger partial charge in [-0.05, 0) is 143 Å². The van der Waals surface area contributed by atoms with Gasteiger partial charge >= 0.3 is 12.2 Å². The molecule has 0 unspecified atom stereocenters. The topological polar surface area (TPSA) is 179 Å². The summed E-state index contributed by atoms with van der Waals surface area (Å²) < 4.78 is 34.0. The first-order valence-electron chi connectivity index (χ1n) is 24.2. The molecule has 72 heavy (non-hydrogen) atoms. The summed E-state index contributed by atoms with van der Waals surface area (Å²) in [6, 6.07) is 26.9. The highest BCUT2D eigenvalue weighted by Crippen LogP contribution is 2.44. The van der Waals surface area contributed by atoms with Crippen molar-refractivity contribution in [3.63, 3.8) is 0 Å². The molecule has 0 bridgehead atoms. The summed E-state index contributed by atoms with van der Waals surface area (Å²) in [5, 5.41) is 27.2. The summed E-state index contributed by atoms with van der Waals surface area (Å²) in [6.45, 7) is 10.4. The highest BCUT2D eigenvalue weighted by Gasteiger charge is 2.52. The molecule has 2 saturated carbocycles. The van der Waals surface area contributed by atoms with Crippen molar-refractivity contribution in [2.75, 3.05) is 21.3 Å². The quantitative estimate of drug-likeness (QED) is 0.0537. The van der Waals surface area contributed by atoms with Gasteiger partial charge in [0.25, 0.3) is 0 Å². The van der Waals surface area contributed by atoms with Crippen LogP contribution in [0.5, 0.6) is 0 Å². The van der Waals surface area contributed by atoms with Crippen molar-refractivity contribution < 1.29 is 28.2 Å². The lowest BCUT2D eigenvalue weighted by Crippen LogP contribution is -2.67. The van der Waals surface area contributed by atoms with Gasteiger partial charge in [-0.3, -0.25) is 4.90 Å². The van der Waals surface area contributed by atoms with Crippen molar-refractivity contribution in [1.29, 1.82) is 0 Å². The van der Waals surface area contributed by atoms with Gasteiger partial charge in [0, 0.05) is 54.7 Å². The first-order valence-corrected chi connectivity index (χ1v) is 24.9. The summed E-state index contributed by atoms with van der Waals surface area (Å²) in [7, 11) is 0. The maximum absolute atomic E-state index is 15.0. The first-order chi connectivity index (χ1) is 34.4. The van der Waals surface area contributed by atoms with Crippen molar-refractivity contribution in [2.24, 2.45) is 11.8 Å². The number of benzene rings is 2. The van der Waals surface area contributed by atoms with Crippen molar-refractivity contribution >= 4 is 58.7 Å². The number of carboxylic acid groups (broad SMARTS) is 1. The van der Waals surface area contributed by atoms with E-state index in [-0.39, 0.29) is 41.6 Å². The number of carbonyl (C=O) groups excluding carboxylic acids is 1. The van der Waals surface area contributed by atoms with Crippen LogP contribution in [0.25, 0.3) is 22.5 Å². The second-order valence-corrected chi connectivity index (χ2v) is 20.7. The van der Waals surface area contributed by atoms with E-state index in [0.29, 0.717) is 107 Å². The molecule has 0 aliphatic heterocycles. The van der Waals surface area contributed by atoms with Crippen LogP contribution in [0.4, 0.5) is 41.6 Å². The number of carbonyl (C=O) groups is 2. The molecule has 2 aliphatic rings. The number of halogens is 4. The zero-order chi connectivity index (χ0) is 51.2. The van der Waals surface area contributed by atoms with Gasteiger partial charge in [0.05, 0.1) is 21.4 Å². The van der Waals surface area contributed by atoms with E-state index in [0.717, 1.165) is 11.1 Å². The van der Waals surface area contributed by atoms with Gasteiger partial charge in [0.1, 0.15) is 46.2 Å². The third kappa shape index (κ3) is 13.0. The number of hydrogen-bond donors (Lipinski definition) is 6. The van der Waals surface area contributed by atoms with Gasteiger partial charge in [-0.2, -0.15) is 0 Å². The van der Waals surface area contributed by atoms with Crippen LogP contribution in [0, 0.1) is 23.5 Å². The van der Waals surface area contributed by atoms with Gasteiger partial charge in [-0.1, -0.05) is 73.4 Å². The standard InChI is InChI=1S/C54H60Cl2F2N10O4/c1-32-22-38(63-49-25-39(41(55)30-61-49)44-14-8-16-47(64-44)59-28-34-10-6-12-36(57)23-34)18-19-46(32)68(52(71)72-53(3,4)5)54(21-20-43(33(2)27-54)66-51(69)70)67-50-26-40(42(56)31-62-50)45-15-9-17-48(65-45)60-29-35-11-7-13-37(58)24-35/h6-17,23-26,30-33,38,43,46,66H,18-22,27-29H2,1-5H3,(H,59,64)(H,60,65)(H,61,63)(H,62,67)(H,69,70)/t32-,33+,38-,43+,46-,54+/m1/s1. The molecular formula is C54H60Cl2F2N10O4. The largest absolute Gasteiger partial charge is 0.465 e. The number of amides is 2. The van der Waals surface area contributed by atoms with Crippen LogP contribution >= 0.6 is 23.2 Å². The van der Waals surface area contributed by atoms with E-state index >= 15 is 0 Å². The predicted molar refractivity (Wildman–Crippen MR) is 279 cm³/mol. The Morgan fingerprint density at radius 3 is 1.83 bits per heavy atom. The van der Waals surface area contributed by atoms with Crippen LogP contribution in [0.3, 0.4) is 0 Å². The number of nitrogens with zero attached hydrogens (tertiary/aromatic N) is 5. The Bertz CT molecular complexity index is 2890. The fourth-order valence-corrected chi connectivity index (χ4v) is 10.4. The molecule has 6 atom stereocenters. The van der Waals surface area contributed by atoms with E-state index in [1.807, 2.05) is 93.3 Å². The number of aromatic nitrogens is 4. The van der Waals surface area contributed by atoms with Gasteiger partial charge in [0.2, 0.25) is 0 Å². The van der Waals surface area contributed by atoms with Crippen LogP contribution in [0.1, 0.15) is 84.3 Å². The molecule has 378 valence electrons. The molecule has 0 saturated heterocycles. The minimum Gasteiger partial charge on any atom is -0.465 e. The molecule has 4 heterocycles. The maximum atomic E-state index is 15.0. The molecule has 0 radical (unpaired) electrons. The normalized spacial score (nSPS) is 21.0. The fourth-order valence-electron chi connectivity index (χ4n) is 9.97. The van der Waals surface area contributed by atoms with Crippen LogP contribution in [0.15, 0.2) is 109 Å². The zero-order valence-electron chi connectivity index (χ0n) is 40.9. The minimum atomic E-state index is -1.11. The Kier molecular flexibility index (Phi) is 16.0. The van der Waals surface area contributed by atoms with Gasteiger partial charge in [0.15, 0.2) is 0 Å². The van der Waals surface area contributed by atoms with Crippen molar-refractivity contribution in [3.05, 3.63) is 142 Å². The van der Waals surface area contributed by atoms with Crippen molar-refractivity contribution in [1.82, 2.24) is 30.2 Å². The molecule has 14 nitrogen and oxygen atoms in total. The molecule has 2 fully saturated rings. The number of pyridine rings is 4. The van der Waals surface area contributed by atoms with E-state index in [9.17, 15) is 23.5 Å².